The van der Waals surface area contributed by atoms with Crippen LogP contribution < -0.4 is 5.32 Å². The molecule has 14 heavy (non-hydrogen) atoms. The van der Waals surface area contributed by atoms with E-state index in [4.69, 9.17) is 0 Å². The number of nitrogens with zero attached hydrogens (tertiary/aromatic N) is 1. The first kappa shape index (κ1) is 12.0. The Kier molecular flexibility index (Phi) is 4.90. The van der Waals surface area contributed by atoms with E-state index < -0.39 is 0 Å². The third-order valence-corrected chi connectivity index (χ3v) is 3.29. The summed E-state index contributed by atoms with van der Waals surface area (Å²) in [6.45, 7) is 4.76. The normalized spacial score (nSPS) is 21.4. The molecule has 0 spiro atoms. The van der Waals surface area contributed by atoms with Gasteiger partial charge in [0.15, 0.2) is 0 Å². The Bertz CT molecular complexity index is 148. The van der Waals surface area contributed by atoms with E-state index in [0.29, 0.717) is 5.54 Å². The smallest absolute Gasteiger partial charge is 0.0153 e. The summed E-state index contributed by atoms with van der Waals surface area (Å²) >= 11 is 0. The minimum absolute atomic E-state index is 0.449. The number of rotatable bonds is 5. The van der Waals surface area contributed by atoms with Gasteiger partial charge in [0, 0.05) is 5.54 Å². The van der Waals surface area contributed by atoms with Crippen LogP contribution in [0.1, 0.15) is 45.4 Å². The molecule has 1 aliphatic carbocycles. The predicted octanol–water partition coefficient (Wildman–Crippen LogP) is 2.25. The van der Waals surface area contributed by atoms with Crippen molar-refractivity contribution < 1.29 is 0 Å². The van der Waals surface area contributed by atoms with Gasteiger partial charge in [-0.05, 0) is 53.4 Å². The molecule has 84 valence electrons. The van der Waals surface area contributed by atoms with Crippen LogP contribution >= 0.6 is 0 Å². The molecule has 1 aliphatic rings. The van der Waals surface area contributed by atoms with Gasteiger partial charge in [0.25, 0.3) is 0 Å². The van der Waals surface area contributed by atoms with E-state index in [0.717, 1.165) is 0 Å². The van der Waals surface area contributed by atoms with E-state index >= 15 is 0 Å². The quantitative estimate of drug-likeness (QED) is 0.682. The van der Waals surface area contributed by atoms with Gasteiger partial charge in [0.2, 0.25) is 0 Å². The van der Waals surface area contributed by atoms with Gasteiger partial charge in [-0.15, -0.1) is 0 Å². The number of nitrogens with one attached hydrogen (secondary N) is 1. The van der Waals surface area contributed by atoms with Crippen molar-refractivity contribution >= 4 is 0 Å². The van der Waals surface area contributed by atoms with Crippen LogP contribution in [0.4, 0.5) is 0 Å². The second kappa shape index (κ2) is 5.72. The van der Waals surface area contributed by atoms with Crippen LogP contribution in [0.25, 0.3) is 0 Å². The first-order chi connectivity index (χ1) is 6.62. The largest absolute Gasteiger partial charge is 0.311 e. The number of hydrogen-bond acceptors (Lipinski definition) is 2. The minimum atomic E-state index is 0.449. The molecule has 1 saturated carbocycles. The van der Waals surface area contributed by atoms with Crippen LogP contribution in [0.2, 0.25) is 0 Å². The van der Waals surface area contributed by atoms with Crippen molar-refractivity contribution in [2.75, 3.05) is 27.2 Å². The fraction of sp³-hybridized carbons (Fsp3) is 1.00. The molecule has 1 rings (SSSR count). The van der Waals surface area contributed by atoms with Gasteiger partial charge in [0.05, 0.1) is 0 Å². The molecule has 1 N–H and O–H groups in total. The average molecular weight is 198 g/mol. The molecule has 0 aromatic heterocycles. The molecule has 0 atom stereocenters. The summed E-state index contributed by atoms with van der Waals surface area (Å²) < 4.78 is 0. The molecule has 0 amide bonds. The average Bonchev–Trinajstić information content (AvgIpc) is 2.14. The lowest BCUT2D eigenvalue weighted by Crippen LogP contribution is -2.44. The summed E-state index contributed by atoms with van der Waals surface area (Å²) in [7, 11) is 4.28. The molecule has 0 saturated heterocycles. The zero-order valence-electron chi connectivity index (χ0n) is 10.1. The van der Waals surface area contributed by atoms with E-state index in [1.165, 1.54) is 51.6 Å². The van der Waals surface area contributed by atoms with E-state index in [1.54, 1.807) is 0 Å². The Labute approximate surface area is 89.1 Å². The number of hydrogen-bond donors (Lipinski definition) is 1. The summed E-state index contributed by atoms with van der Waals surface area (Å²) in [4.78, 5) is 2.25. The van der Waals surface area contributed by atoms with Crippen LogP contribution in [0.5, 0.6) is 0 Å². The highest BCUT2D eigenvalue weighted by Crippen LogP contribution is 2.27. The van der Waals surface area contributed by atoms with E-state index in [-0.39, 0.29) is 0 Å². The lowest BCUT2D eigenvalue weighted by Gasteiger charge is -2.35. The zero-order chi connectivity index (χ0) is 10.4. The predicted molar refractivity (Wildman–Crippen MR) is 62.7 cm³/mol. The Hall–Kier alpha value is -0.0800. The van der Waals surface area contributed by atoms with Gasteiger partial charge in [-0.2, -0.15) is 0 Å². The molecule has 0 aromatic rings. The molecule has 0 unspecified atom stereocenters. The maximum absolute atomic E-state index is 3.73. The molecule has 0 aromatic carbocycles. The minimum Gasteiger partial charge on any atom is -0.311 e. The Morgan fingerprint density at radius 3 is 2.36 bits per heavy atom. The zero-order valence-corrected chi connectivity index (χ0v) is 10.1. The van der Waals surface area contributed by atoms with Gasteiger partial charge in [-0.3, -0.25) is 0 Å². The lowest BCUT2D eigenvalue weighted by atomic mass is 9.83. The summed E-state index contributed by atoms with van der Waals surface area (Å²) in [5.74, 6) is 0. The molecule has 0 radical (unpaired) electrons. The molecular weight excluding hydrogens is 172 g/mol. The van der Waals surface area contributed by atoms with Crippen molar-refractivity contribution in [1.29, 1.82) is 0 Å². The summed E-state index contributed by atoms with van der Waals surface area (Å²) in [5, 5.41) is 3.73. The van der Waals surface area contributed by atoms with Crippen molar-refractivity contribution in [3.8, 4) is 0 Å². The highest BCUT2D eigenvalue weighted by Gasteiger charge is 2.25. The topological polar surface area (TPSA) is 15.3 Å². The fourth-order valence-corrected chi connectivity index (χ4v) is 2.29. The molecule has 0 aliphatic heterocycles. The molecule has 0 bridgehead atoms. The van der Waals surface area contributed by atoms with Crippen LogP contribution in [0, 0.1) is 0 Å². The standard InChI is InChI=1S/C12H26N2/c1-12(8-5-4-6-9-12)13-10-7-11-14(2)3/h13H,4-11H2,1-3H3. The van der Waals surface area contributed by atoms with Crippen LogP contribution in [-0.2, 0) is 0 Å². The Balaban J connectivity index is 2.09. The SMILES string of the molecule is CN(C)CCCNC1(C)CCCCC1. The second-order valence-corrected chi connectivity index (χ2v) is 5.20. The van der Waals surface area contributed by atoms with Crippen molar-refractivity contribution in [1.82, 2.24) is 10.2 Å². The van der Waals surface area contributed by atoms with E-state index in [1.807, 2.05) is 0 Å². The van der Waals surface area contributed by atoms with Crippen molar-refractivity contribution in [2.24, 2.45) is 0 Å². The molecular formula is C12H26N2. The van der Waals surface area contributed by atoms with Gasteiger partial charge in [-0.25, -0.2) is 0 Å². The maximum Gasteiger partial charge on any atom is 0.0153 e. The van der Waals surface area contributed by atoms with Crippen LogP contribution in [0.15, 0.2) is 0 Å². The second-order valence-electron chi connectivity index (χ2n) is 5.20. The third-order valence-electron chi connectivity index (χ3n) is 3.29. The Morgan fingerprint density at radius 2 is 1.79 bits per heavy atom. The molecule has 0 heterocycles. The summed E-state index contributed by atoms with van der Waals surface area (Å²) in [6, 6.07) is 0. The van der Waals surface area contributed by atoms with Gasteiger partial charge in [0.1, 0.15) is 0 Å². The van der Waals surface area contributed by atoms with E-state index in [9.17, 15) is 0 Å². The highest BCUT2D eigenvalue weighted by atomic mass is 15.1. The first-order valence-corrected chi connectivity index (χ1v) is 6.02. The van der Waals surface area contributed by atoms with Crippen LogP contribution in [0.3, 0.4) is 0 Å². The van der Waals surface area contributed by atoms with Crippen LogP contribution in [-0.4, -0.2) is 37.6 Å². The maximum atomic E-state index is 3.73. The summed E-state index contributed by atoms with van der Waals surface area (Å²) in [6.07, 6.45) is 8.27. The first-order valence-electron chi connectivity index (χ1n) is 6.02. The lowest BCUT2D eigenvalue weighted by molar-refractivity contribution is 0.249. The van der Waals surface area contributed by atoms with Gasteiger partial charge >= 0.3 is 0 Å². The van der Waals surface area contributed by atoms with Gasteiger partial charge < -0.3 is 10.2 Å². The Morgan fingerprint density at radius 1 is 1.14 bits per heavy atom. The van der Waals surface area contributed by atoms with Crippen molar-refractivity contribution in [2.45, 2.75) is 51.0 Å². The molecule has 1 fully saturated rings. The molecule has 2 nitrogen and oxygen atoms in total. The fourth-order valence-electron chi connectivity index (χ4n) is 2.29. The third kappa shape index (κ3) is 4.43. The molecule has 2 heteroatoms. The highest BCUT2D eigenvalue weighted by molar-refractivity contribution is 4.85. The van der Waals surface area contributed by atoms with Gasteiger partial charge in [-0.1, -0.05) is 19.3 Å². The monoisotopic (exact) mass is 198 g/mol. The van der Waals surface area contributed by atoms with E-state index in [2.05, 4.69) is 31.2 Å². The van der Waals surface area contributed by atoms with Crippen molar-refractivity contribution in [3.63, 3.8) is 0 Å². The summed E-state index contributed by atoms with van der Waals surface area (Å²) in [5.41, 5.74) is 0.449. The van der Waals surface area contributed by atoms with Crippen molar-refractivity contribution in [3.05, 3.63) is 0 Å².